The van der Waals surface area contributed by atoms with Gasteiger partial charge in [0, 0.05) is 51.3 Å². The Kier molecular flexibility index (Phi) is 11.9. The molecule has 1 aliphatic rings. The first kappa shape index (κ1) is 28.3. The third-order valence-electron chi connectivity index (χ3n) is 5.49. The van der Waals surface area contributed by atoms with Crippen LogP contribution in [0.25, 0.3) is 0 Å². The van der Waals surface area contributed by atoms with Crippen LogP contribution in [-0.2, 0) is 16.0 Å². The highest BCUT2D eigenvalue weighted by Crippen LogP contribution is 2.28. The number of nitrogens with zero attached hydrogens (tertiary/aromatic N) is 2. The first-order chi connectivity index (χ1) is 17.3. The lowest BCUT2D eigenvalue weighted by molar-refractivity contribution is -0.159. The summed E-state index contributed by atoms with van der Waals surface area (Å²) in [6.45, 7) is 4.87. The van der Waals surface area contributed by atoms with Gasteiger partial charge in [-0.05, 0) is 29.8 Å². The number of hydrogen-bond acceptors (Lipinski definition) is 6. The minimum absolute atomic E-state index is 0.114. The molecule has 1 fully saturated rings. The number of ether oxygens (including phenoxy) is 1. The summed E-state index contributed by atoms with van der Waals surface area (Å²) in [5, 5.41) is 17.7. The van der Waals surface area contributed by atoms with Crippen molar-refractivity contribution in [2.24, 2.45) is 0 Å². The van der Waals surface area contributed by atoms with Crippen LogP contribution < -0.4 is 15.0 Å². The fourth-order valence-corrected chi connectivity index (χ4v) is 3.55. The van der Waals surface area contributed by atoms with Gasteiger partial charge in [0.1, 0.15) is 5.75 Å². The van der Waals surface area contributed by atoms with E-state index in [2.05, 4.69) is 27.3 Å². The predicted octanol–water partition coefficient (Wildman–Crippen LogP) is 2.47. The number of halogens is 1. The van der Waals surface area contributed by atoms with E-state index >= 15 is 0 Å². The number of carbonyl (C=O) groups is 3. The number of benzene rings is 2. The molecule has 10 heteroatoms. The fraction of sp³-hybridized carbons (Fsp3) is 0.346. The maximum atomic E-state index is 12.3. The van der Waals surface area contributed by atoms with E-state index in [4.69, 9.17) is 24.5 Å². The highest BCUT2D eigenvalue weighted by Gasteiger charge is 2.18. The van der Waals surface area contributed by atoms with Gasteiger partial charge in [0.15, 0.2) is 0 Å². The van der Waals surface area contributed by atoms with Crippen LogP contribution in [0.3, 0.4) is 0 Å². The first-order valence-corrected chi connectivity index (χ1v) is 11.5. The maximum Gasteiger partial charge on any atom is 0.414 e. The second-order valence-corrected chi connectivity index (χ2v) is 7.89. The Morgan fingerprint density at radius 1 is 0.972 bits per heavy atom. The van der Waals surface area contributed by atoms with Crippen molar-refractivity contribution in [2.75, 3.05) is 58.0 Å². The summed E-state index contributed by atoms with van der Waals surface area (Å²) in [5.74, 6) is -2.85. The lowest BCUT2D eigenvalue weighted by Gasteiger charge is -2.36. The maximum absolute atomic E-state index is 12.3. The van der Waals surface area contributed by atoms with Crippen molar-refractivity contribution in [3.63, 3.8) is 0 Å². The molecule has 0 saturated carbocycles. The van der Waals surface area contributed by atoms with Crippen molar-refractivity contribution in [3.05, 3.63) is 71.8 Å². The van der Waals surface area contributed by atoms with E-state index in [9.17, 15) is 9.18 Å². The summed E-state index contributed by atoms with van der Waals surface area (Å²) in [6, 6.07) is 15.2. The van der Waals surface area contributed by atoms with Gasteiger partial charge in [-0.15, -0.1) is 0 Å². The van der Waals surface area contributed by atoms with Gasteiger partial charge in [-0.1, -0.05) is 36.4 Å². The number of methoxy groups -OCH3 is 1. The van der Waals surface area contributed by atoms with E-state index in [0.717, 1.165) is 49.7 Å². The van der Waals surface area contributed by atoms with Crippen molar-refractivity contribution in [1.82, 2.24) is 10.2 Å². The molecule has 1 aliphatic heterocycles. The Labute approximate surface area is 209 Å². The third-order valence-corrected chi connectivity index (χ3v) is 5.49. The van der Waals surface area contributed by atoms with E-state index in [-0.39, 0.29) is 12.6 Å². The molecule has 0 atom stereocenters. The standard InChI is InChI=1S/C24H30FN3O2.C2H2O4/c1-30-23-7-3-2-6-22(23)28-18-16-27(17-19-28)15-5-4-14-26-24(29)21-10-8-20(9-11-21)12-13-25;3-1(4)2(5)6/h2-11H,12-19H2,1H3,(H,26,29);(H,3,4)(H,5,6)/b5-4+;. The minimum atomic E-state index is -1.82. The van der Waals surface area contributed by atoms with Crippen molar-refractivity contribution < 1.29 is 33.7 Å². The average molecular weight is 502 g/mol. The Balaban J connectivity index is 0.000000678. The number of carboxylic acids is 2. The zero-order valence-electron chi connectivity index (χ0n) is 20.2. The second kappa shape index (κ2) is 15.2. The van der Waals surface area contributed by atoms with Gasteiger partial charge in [0.2, 0.25) is 0 Å². The quantitative estimate of drug-likeness (QED) is 0.354. The molecule has 2 aromatic carbocycles. The Hall–Kier alpha value is -3.92. The van der Waals surface area contributed by atoms with Crippen molar-refractivity contribution in [1.29, 1.82) is 0 Å². The third kappa shape index (κ3) is 9.38. The smallest absolute Gasteiger partial charge is 0.414 e. The lowest BCUT2D eigenvalue weighted by atomic mass is 10.1. The number of rotatable bonds is 9. The molecule has 3 rings (SSSR count). The molecule has 1 saturated heterocycles. The van der Waals surface area contributed by atoms with Crippen LogP contribution in [0.1, 0.15) is 15.9 Å². The molecule has 2 aromatic rings. The van der Waals surface area contributed by atoms with Gasteiger partial charge in [0.05, 0.1) is 19.5 Å². The Bertz CT molecular complexity index is 1010. The molecule has 194 valence electrons. The molecule has 0 radical (unpaired) electrons. The second-order valence-electron chi connectivity index (χ2n) is 7.89. The molecule has 1 amide bonds. The highest BCUT2D eigenvalue weighted by atomic mass is 19.1. The van der Waals surface area contributed by atoms with Crippen molar-refractivity contribution >= 4 is 23.5 Å². The van der Waals surface area contributed by atoms with Crippen molar-refractivity contribution in [2.45, 2.75) is 6.42 Å². The van der Waals surface area contributed by atoms with Crippen LogP contribution >= 0.6 is 0 Å². The molecule has 36 heavy (non-hydrogen) atoms. The van der Waals surface area contributed by atoms with Crippen LogP contribution in [0.2, 0.25) is 0 Å². The number of para-hydroxylation sites is 2. The van der Waals surface area contributed by atoms with Gasteiger partial charge < -0.3 is 25.2 Å². The summed E-state index contributed by atoms with van der Waals surface area (Å²) < 4.78 is 17.8. The first-order valence-electron chi connectivity index (χ1n) is 11.5. The van der Waals surface area contributed by atoms with Gasteiger partial charge in [-0.3, -0.25) is 14.1 Å². The number of carbonyl (C=O) groups excluding carboxylic acids is 1. The number of hydrogen-bond donors (Lipinski definition) is 3. The zero-order chi connectivity index (χ0) is 26.3. The molecule has 0 aromatic heterocycles. The lowest BCUT2D eigenvalue weighted by Crippen LogP contribution is -2.46. The molecule has 3 N–H and O–H groups in total. The average Bonchev–Trinajstić information content (AvgIpc) is 2.89. The van der Waals surface area contributed by atoms with E-state index in [1.165, 1.54) is 0 Å². The molecular formula is C26H32FN3O6. The normalized spacial score (nSPS) is 13.6. The molecule has 0 aliphatic carbocycles. The summed E-state index contributed by atoms with van der Waals surface area (Å²) >= 11 is 0. The molecule has 0 bridgehead atoms. The fourth-order valence-electron chi connectivity index (χ4n) is 3.55. The summed E-state index contributed by atoms with van der Waals surface area (Å²) in [6.07, 6.45) is 4.48. The van der Waals surface area contributed by atoms with E-state index in [0.29, 0.717) is 18.5 Å². The number of alkyl halides is 1. The number of anilines is 1. The minimum Gasteiger partial charge on any atom is -0.495 e. The predicted molar refractivity (Wildman–Crippen MR) is 135 cm³/mol. The highest BCUT2D eigenvalue weighted by molar-refractivity contribution is 6.27. The molecular weight excluding hydrogens is 469 g/mol. The Morgan fingerprint density at radius 2 is 1.61 bits per heavy atom. The molecule has 9 nitrogen and oxygen atoms in total. The number of aliphatic carboxylic acids is 2. The summed E-state index contributed by atoms with van der Waals surface area (Å²) in [7, 11) is 1.71. The molecule has 0 spiro atoms. The monoisotopic (exact) mass is 501 g/mol. The molecule has 0 unspecified atom stereocenters. The number of carboxylic acid groups (broad SMARTS) is 2. The Morgan fingerprint density at radius 3 is 2.19 bits per heavy atom. The van der Waals surface area contributed by atoms with Gasteiger partial charge in [-0.25, -0.2) is 9.59 Å². The van der Waals surface area contributed by atoms with E-state index in [1.807, 2.05) is 24.3 Å². The van der Waals surface area contributed by atoms with Crippen LogP contribution in [0.4, 0.5) is 10.1 Å². The summed E-state index contributed by atoms with van der Waals surface area (Å²) in [5.41, 5.74) is 2.65. The molecule has 1 heterocycles. The largest absolute Gasteiger partial charge is 0.495 e. The van der Waals surface area contributed by atoms with Crippen molar-refractivity contribution in [3.8, 4) is 5.75 Å². The van der Waals surface area contributed by atoms with Crippen LogP contribution in [0.15, 0.2) is 60.7 Å². The zero-order valence-corrected chi connectivity index (χ0v) is 20.2. The number of amides is 1. The van der Waals surface area contributed by atoms with Crippen LogP contribution in [0, 0.1) is 0 Å². The number of aryl methyl sites for hydroxylation is 1. The SMILES string of the molecule is COc1ccccc1N1CCN(C/C=C/CNC(=O)c2ccc(CCF)cc2)CC1.O=C(O)C(=O)O. The van der Waals surface area contributed by atoms with Gasteiger partial charge >= 0.3 is 11.9 Å². The number of piperazine rings is 1. The summed E-state index contributed by atoms with van der Waals surface area (Å²) in [4.78, 5) is 35.1. The van der Waals surface area contributed by atoms with Gasteiger partial charge in [0.25, 0.3) is 5.91 Å². The van der Waals surface area contributed by atoms with Crippen LogP contribution in [0.5, 0.6) is 5.75 Å². The van der Waals surface area contributed by atoms with Crippen LogP contribution in [-0.4, -0.2) is 86.0 Å². The van der Waals surface area contributed by atoms with E-state index < -0.39 is 11.9 Å². The van der Waals surface area contributed by atoms with E-state index in [1.54, 1.807) is 31.4 Å². The topological polar surface area (TPSA) is 119 Å². The van der Waals surface area contributed by atoms with Gasteiger partial charge in [-0.2, -0.15) is 0 Å². The number of nitrogens with one attached hydrogen (secondary N) is 1.